The van der Waals surface area contributed by atoms with Crippen molar-refractivity contribution >= 4 is 11.8 Å². The first-order valence-electron chi connectivity index (χ1n) is 6.67. The fraction of sp³-hybridized carbons (Fsp3) is 0.429. The molecule has 1 aromatic rings. The molecule has 0 radical (unpaired) electrons. The zero-order valence-corrected chi connectivity index (χ0v) is 11.4. The number of alkyl halides is 3. The van der Waals surface area contributed by atoms with E-state index in [0.717, 1.165) is 0 Å². The first-order chi connectivity index (χ1) is 10.3. The monoisotopic (exact) mass is 318 g/mol. The summed E-state index contributed by atoms with van der Waals surface area (Å²) < 4.78 is 50.9. The van der Waals surface area contributed by atoms with Gasteiger partial charge < -0.3 is 10.6 Å². The number of carbonyl (C=O) groups excluding carboxylic acids is 2. The van der Waals surface area contributed by atoms with Crippen LogP contribution in [0.3, 0.4) is 0 Å². The van der Waals surface area contributed by atoms with Crippen molar-refractivity contribution in [2.24, 2.45) is 5.92 Å². The van der Waals surface area contributed by atoms with E-state index >= 15 is 0 Å². The van der Waals surface area contributed by atoms with Crippen LogP contribution in [0.25, 0.3) is 0 Å². The third-order valence-electron chi connectivity index (χ3n) is 3.50. The van der Waals surface area contributed by atoms with Gasteiger partial charge in [-0.1, -0.05) is 18.2 Å². The number of nitrogens with one attached hydrogen (secondary N) is 2. The van der Waals surface area contributed by atoms with Gasteiger partial charge in [0.2, 0.25) is 11.8 Å². The summed E-state index contributed by atoms with van der Waals surface area (Å²) in [6.07, 6.45) is -5.07. The predicted molar refractivity (Wildman–Crippen MR) is 69.0 cm³/mol. The largest absolute Gasteiger partial charge is 0.408 e. The van der Waals surface area contributed by atoms with Crippen LogP contribution in [0.4, 0.5) is 17.6 Å². The number of hydrogen-bond acceptors (Lipinski definition) is 2. The molecule has 0 saturated carbocycles. The van der Waals surface area contributed by atoms with E-state index < -0.39 is 35.8 Å². The van der Waals surface area contributed by atoms with Crippen molar-refractivity contribution in [3.05, 3.63) is 35.6 Å². The van der Waals surface area contributed by atoms with Gasteiger partial charge in [-0.15, -0.1) is 0 Å². The second kappa shape index (κ2) is 6.33. The van der Waals surface area contributed by atoms with Gasteiger partial charge in [0, 0.05) is 12.1 Å². The Kier molecular flexibility index (Phi) is 4.68. The van der Waals surface area contributed by atoms with Crippen molar-refractivity contribution in [2.45, 2.75) is 31.6 Å². The van der Waals surface area contributed by atoms with Crippen molar-refractivity contribution in [3.8, 4) is 0 Å². The summed E-state index contributed by atoms with van der Waals surface area (Å²) in [6.45, 7) is -0.127. The van der Waals surface area contributed by atoms with Gasteiger partial charge >= 0.3 is 6.18 Å². The lowest BCUT2D eigenvalue weighted by molar-refractivity contribution is -0.171. The van der Waals surface area contributed by atoms with Crippen LogP contribution in [0, 0.1) is 11.7 Å². The summed E-state index contributed by atoms with van der Waals surface area (Å²) in [4.78, 5) is 23.5. The van der Waals surface area contributed by atoms with E-state index in [4.69, 9.17) is 0 Å². The van der Waals surface area contributed by atoms with Crippen LogP contribution in [0.1, 0.15) is 18.4 Å². The minimum absolute atomic E-state index is 0.127. The topological polar surface area (TPSA) is 58.2 Å². The Hall–Kier alpha value is -2.12. The van der Waals surface area contributed by atoms with Gasteiger partial charge in [-0.3, -0.25) is 9.59 Å². The average molecular weight is 318 g/mol. The van der Waals surface area contributed by atoms with Gasteiger partial charge in [-0.05, 0) is 18.9 Å². The Morgan fingerprint density at radius 1 is 1.27 bits per heavy atom. The van der Waals surface area contributed by atoms with Gasteiger partial charge in [-0.2, -0.15) is 13.2 Å². The summed E-state index contributed by atoms with van der Waals surface area (Å²) in [5.74, 6) is -3.36. The molecule has 1 heterocycles. The molecular weight excluding hydrogens is 304 g/mol. The van der Waals surface area contributed by atoms with Crippen molar-refractivity contribution in [1.82, 2.24) is 10.6 Å². The summed E-state index contributed by atoms with van der Waals surface area (Å²) in [7, 11) is 0. The molecule has 1 fully saturated rings. The molecule has 2 amide bonds. The molecule has 0 aliphatic carbocycles. The van der Waals surface area contributed by atoms with Gasteiger partial charge in [0.15, 0.2) is 0 Å². The number of halogens is 4. The Balaban J connectivity index is 1.91. The van der Waals surface area contributed by atoms with Gasteiger partial charge in [0.1, 0.15) is 17.8 Å². The molecular formula is C14H14F4N2O2. The average Bonchev–Trinajstić information content (AvgIpc) is 2.45. The van der Waals surface area contributed by atoms with Crippen LogP contribution in [-0.4, -0.2) is 24.0 Å². The Bertz CT molecular complexity index is 574. The summed E-state index contributed by atoms with van der Waals surface area (Å²) in [6, 6.07) is 3.85. The Morgan fingerprint density at radius 2 is 1.95 bits per heavy atom. The van der Waals surface area contributed by atoms with E-state index in [2.05, 4.69) is 5.32 Å². The molecule has 1 aliphatic heterocycles. The number of piperidine rings is 1. The maximum atomic E-state index is 13.4. The molecule has 1 aromatic carbocycles. The lowest BCUT2D eigenvalue weighted by atomic mass is 9.93. The van der Waals surface area contributed by atoms with Crippen LogP contribution in [0.15, 0.2) is 24.3 Å². The molecule has 0 spiro atoms. The predicted octanol–water partition coefficient (Wildman–Crippen LogP) is 1.90. The van der Waals surface area contributed by atoms with E-state index in [0.29, 0.717) is 0 Å². The van der Waals surface area contributed by atoms with E-state index in [9.17, 15) is 27.2 Å². The summed E-state index contributed by atoms with van der Waals surface area (Å²) in [5.41, 5.74) is 0.236. The van der Waals surface area contributed by atoms with Gasteiger partial charge in [-0.25, -0.2) is 4.39 Å². The highest BCUT2D eigenvalue weighted by Gasteiger charge is 2.45. The van der Waals surface area contributed by atoms with Crippen LogP contribution in [0.2, 0.25) is 0 Å². The number of amides is 2. The molecule has 0 unspecified atom stereocenters. The maximum absolute atomic E-state index is 13.4. The van der Waals surface area contributed by atoms with Crippen molar-refractivity contribution in [3.63, 3.8) is 0 Å². The molecule has 8 heteroatoms. The van der Waals surface area contributed by atoms with E-state index in [1.165, 1.54) is 18.2 Å². The number of rotatable bonds is 3. The second-order valence-electron chi connectivity index (χ2n) is 5.04. The molecule has 2 N–H and O–H groups in total. The highest BCUT2D eigenvalue weighted by Crippen LogP contribution is 2.28. The van der Waals surface area contributed by atoms with Crippen molar-refractivity contribution in [1.29, 1.82) is 0 Å². The first-order valence-corrected chi connectivity index (χ1v) is 6.67. The number of hydrogen-bond donors (Lipinski definition) is 2. The zero-order valence-electron chi connectivity index (χ0n) is 11.4. The number of benzene rings is 1. The molecule has 0 aromatic heterocycles. The number of carbonyl (C=O) groups is 2. The Morgan fingerprint density at radius 3 is 2.55 bits per heavy atom. The van der Waals surface area contributed by atoms with Crippen LogP contribution >= 0.6 is 0 Å². The fourth-order valence-electron chi connectivity index (χ4n) is 2.25. The quantitative estimate of drug-likeness (QED) is 0.660. The van der Waals surface area contributed by atoms with Crippen LogP contribution in [-0.2, 0) is 16.1 Å². The highest BCUT2D eigenvalue weighted by molar-refractivity contribution is 6.00. The highest BCUT2D eigenvalue weighted by atomic mass is 19.4. The zero-order chi connectivity index (χ0) is 16.3. The first kappa shape index (κ1) is 16.3. The van der Waals surface area contributed by atoms with Crippen LogP contribution < -0.4 is 10.6 Å². The molecule has 2 atom stereocenters. The lowest BCUT2D eigenvalue weighted by Gasteiger charge is -2.29. The standard InChI is InChI=1S/C14H14F4N2O2/c15-10-4-2-1-3-8(10)7-19-12(21)9-5-6-11(14(16,17)18)20-13(9)22/h1-4,9,11H,5-7H2,(H,19,21)(H,20,22)/t9-,11-/m1/s1. The molecule has 4 nitrogen and oxygen atoms in total. The normalized spacial score (nSPS) is 22.1. The van der Waals surface area contributed by atoms with Crippen LogP contribution in [0.5, 0.6) is 0 Å². The van der Waals surface area contributed by atoms with Gasteiger partial charge in [0.25, 0.3) is 0 Å². The maximum Gasteiger partial charge on any atom is 0.408 e. The smallest absolute Gasteiger partial charge is 0.351 e. The summed E-state index contributed by atoms with van der Waals surface area (Å²) in [5, 5.41) is 4.17. The molecule has 120 valence electrons. The minimum Gasteiger partial charge on any atom is -0.351 e. The van der Waals surface area contributed by atoms with Crippen molar-refractivity contribution < 1.29 is 27.2 Å². The van der Waals surface area contributed by atoms with E-state index in [1.54, 1.807) is 11.4 Å². The third kappa shape index (κ3) is 3.75. The van der Waals surface area contributed by atoms with Gasteiger partial charge in [0.05, 0.1) is 0 Å². The molecule has 22 heavy (non-hydrogen) atoms. The van der Waals surface area contributed by atoms with E-state index in [1.807, 2.05) is 0 Å². The Labute approximate surface area is 123 Å². The summed E-state index contributed by atoms with van der Waals surface area (Å²) >= 11 is 0. The molecule has 2 rings (SSSR count). The van der Waals surface area contributed by atoms with Crippen molar-refractivity contribution in [2.75, 3.05) is 0 Å². The molecule has 0 bridgehead atoms. The SMILES string of the molecule is O=C(NCc1ccccc1F)[C@H]1CC[C@H](C(F)(F)F)NC1=O. The fourth-order valence-corrected chi connectivity index (χ4v) is 2.25. The van der Waals surface area contributed by atoms with E-state index in [-0.39, 0.29) is 24.9 Å². The third-order valence-corrected chi connectivity index (χ3v) is 3.50. The molecule has 1 aliphatic rings. The minimum atomic E-state index is -4.52. The molecule has 1 saturated heterocycles. The lowest BCUT2D eigenvalue weighted by Crippen LogP contribution is -2.54. The second-order valence-corrected chi connectivity index (χ2v) is 5.04.